The van der Waals surface area contributed by atoms with Crippen molar-refractivity contribution in [2.24, 2.45) is 0 Å². The molecule has 32 heavy (non-hydrogen) atoms. The van der Waals surface area contributed by atoms with Gasteiger partial charge in [-0.25, -0.2) is 0 Å². The van der Waals surface area contributed by atoms with Gasteiger partial charge in [-0.3, -0.25) is 9.59 Å². The Morgan fingerprint density at radius 2 is 1.59 bits per heavy atom. The van der Waals surface area contributed by atoms with Crippen LogP contribution in [0.1, 0.15) is 83.1 Å². The van der Waals surface area contributed by atoms with Gasteiger partial charge in [0, 0.05) is 12.1 Å². The molecule has 0 bridgehead atoms. The quantitative estimate of drug-likeness (QED) is 0.608. The predicted octanol–water partition coefficient (Wildman–Crippen LogP) is 4.14. The Hall–Kier alpha value is -2.38. The van der Waals surface area contributed by atoms with Crippen molar-refractivity contribution < 1.29 is 19.6 Å². The molecule has 0 radical (unpaired) electrons. The lowest BCUT2D eigenvalue weighted by Crippen LogP contribution is -2.52. The van der Waals surface area contributed by atoms with Crippen molar-refractivity contribution in [1.82, 2.24) is 10.2 Å². The number of amides is 2. The zero-order valence-electron chi connectivity index (χ0n) is 20.6. The summed E-state index contributed by atoms with van der Waals surface area (Å²) in [5.41, 5.74) is 1.70. The molecule has 7 heteroatoms. The number of fused-ring (bicyclic) bond motifs is 1. The van der Waals surface area contributed by atoms with Crippen LogP contribution in [0.5, 0.6) is 0 Å². The molecule has 3 N–H and O–H groups in total. The summed E-state index contributed by atoms with van der Waals surface area (Å²) < 4.78 is 0. The van der Waals surface area contributed by atoms with Gasteiger partial charge in [0.25, 0.3) is 5.91 Å². The van der Waals surface area contributed by atoms with Crippen LogP contribution in [-0.2, 0) is 4.79 Å². The van der Waals surface area contributed by atoms with Crippen molar-refractivity contribution in [3.63, 3.8) is 0 Å². The number of likely N-dealkylation sites (tertiary alicyclic amines) is 1. The minimum Gasteiger partial charge on any atom is -0.426 e. The molecular formula is C25H39BN2O4. The molecular weight excluding hydrogens is 403 g/mol. The molecule has 1 aliphatic rings. The molecule has 176 valence electrons. The fourth-order valence-corrected chi connectivity index (χ4v) is 4.00. The summed E-state index contributed by atoms with van der Waals surface area (Å²) in [6, 6.07) is 10.8. The summed E-state index contributed by atoms with van der Waals surface area (Å²) in [5, 5.41) is 23.6. The minimum absolute atomic E-state index is 0.299. The van der Waals surface area contributed by atoms with Crippen LogP contribution in [0.15, 0.2) is 36.4 Å². The van der Waals surface area contributed by atoms with Crippen LogP contribution >= 0.6 is 0 Å². The van der Waals surface area contributed by atoms with Gasteiger partial charge in [-0.05, 0) is 48.1 Å². The molecule has 2 amide bonds. The van der Waals surface area contributed by atoms with Gasteiger partial charge in [-0.1, -0.05) is 71.9 Å². The van der Waals surface area contributed by atoms with Crippen molar-refractivity contribution in [2.45, 2.75) is 79.2 Å². The van der Waals surface area contributed by atoms with Crippen molar-refractivity contribution in [1.29, 1.82) is 0 Å². The normalized spacial score (nSPS) is 15.9. The van der Waals surface area contributed by atoms with E-state index in [9.17, 15) is 19.6 Å². The minimum atomic E-state index is -1.57. The summed E-state index contributed by atoms with van der Waals surface area (Å²) in [4.78, 5) is 27.1. The first-order valence-electron chi connectivity index (χ1n) is 11.8. The maximum atomic E-state index is 12.9. The lowest BCUT2D eigenvalue weighted by atomic mass is 9.78. The highest BCUT2D eigenvalue weighted by molar-refractivity contribution is 6.43. The fraction of sp³-hybridized carbons (Fsp3) is 0.520. The molecule has 6 nitrogen and oxygen atoms in total. The molecule has 0 aliphatic carbocycles. The maximum absolute atomic E-state index is 12.9. The molecule has 0 aromatic heterocycles. The highest BCUT2D eigenvalue weighted by Gasteiger charge is 2.38. The molecule has 2 unspecified atom stereocenters. The first-order valence-corrected chi connectivity index (χ1v) is 11.8. The Balaban J connectivity index is 0.00000121. The number of nitrogens with one attached hydrogen (secondary N) is 1. The summed E-state index contributed by atoms with van der Waals surface area (Å²) >= 11 is 0. The summed E-state index contributed by atoms with van der Waals surface area (Å²) in [6.45, 7) is 14.3. The first kappa shape index (κ1) is 27.7. The Labute approximate surface area is 193 Å². The fourth-order valence-electron chi connectivity index (χ4n) is 4.00. The van der Waals surface area contributed by atoms with E-state index in [2.05, 4.69) is 25.2 Å². The van der Waals surface area contributed by atoms with Gasteiger partial charge >= 0.3 is 7.12 Å². The summed E-state index contributed by atoms with van der Waals surface area (Å²) in [7, 11) is -1.57. The van der Waals surface area contributed by atoms with Crippen LogP contribution in [0, 0.1) is 0 Å². The SMILES string of the molecule is CC.CC.CC(NC(=O)c1cccc2c(C(C)C)cccc12)C(=O)N1CCCC1B(O)O. The average Bonchev–Trinajstić information content (AvgIpc) is 3.30. The van der Waals surface area contributed by atoms with Crippen molar-refractivity contribution in [2.75, 3.05) is 6.54 Å². The number of benzene rings is 2. The number of rotatable bonds is 5. The van der Waals surface area contributed by atoms with E-state index in [-0.39, 0.29) is 11.8 Å². The Kier molecular flexibility index (Phi) is 11.4. The molecule has 2 aromatic carbocycles. The lowest BCUT2D eigenvalue weighted by Gasteiger charge is -2.27. The van der Waals surface area contributed by atoms with Crippen LogP contribution in [-0.4, -0.2) is 52.4 Å². The molecule has 2 atom stereocenters. The number of carbonyl (C=O) groups is 2. The molecule has 1 saturated heterocycles. The molecule has 0 saturated carbocycles. The van der Waals surface area contributed by atoms with Crippen LogP contribution in [0.25, 0.3) is 10.8 Å². The highest BCUT2D eigenvalue weighted by atomic mass is 16.4. The third kappa shape index (κ3) is 6.33. The highest BCUT2D eigenvalue weighted by Crippen LogP contribution is 2.27. The average molecular weight is 442 g/mol. The van der Waals surface area contributed by atoms with Crippen molar-refractivity contribution in [3.8, 4) is 0 Å². The Morgan fingerprint density at radius 1 is 1.00 bits per heavy atom. The van der Waals surface area contributed by atoms with E-state index < -0.39 is 19.1 Å². The Bertz CT molecular complexity index is 885. The van der Waals surface area contributed by atoms with Crippen molar-refractivity contribution >= 4 is 29.7 Å². The number of nitrogens with zero attached hydrogens (tertiary/aromatic N) is 1. The van der Waals surface area contributed by atoms with Gasteiger partial charge in [0.2, 0.25) is 5.91 Å². The molecule has 1 heterocycles. The lowest BCUT2D eigenvalue weighted by molar-refractivity contribution is -0.132. The number of carbonyl (C=O) groups excluding carboxylic acids is 2. The zero-order chi connectivity index (χ0) is 24.4. The van der Waals surface area contributed by atoms with Crippen LogP contribution in [0.3, 0.4) is 0 Å². The van der Waals surface area contributed by atoms with Crippen LogP contribution in [0.2, 0.25) is 0 Å². The van der Waals surface area contributed by atoms with E-state index in [1.165, 1.54) is 10.5 Å². The van der Waals surface area contributed by atoms with Crippen LogP contribution < -0.4 is 5.32 Å². The standard InChI is InChI=1S/C21H27BN2O4.2C2H6/c1-13(2)15-7-4-9-17-16(15)8-5-10-18(17)20(25)23-14(3)21(26)24-12-6-11-19(24)22(27)28;2*1-2/h4-5,7-10,13-14,19,27-28H,6,11-12H2,1-3H3,(H,23,25);2*1-2H3. The van der Waals surface area contributed by atoms with Crippen molar-refractivity contribution in [3.05, 3.63) is 47.5 Å². The number of hydrogen-bond acceptors (Lipinski definition) is 4. The monoisotopic (exact) mass is 442 g/mol. The smallest absolute Gasteiger partial charge is 0.426 e. The third-order valence-corrected chi connectivity index (χ3v) is 5.47. The van der Waals surface area contributed by atoms with E-state index in [0.29, 0.717) is 24.4 Å². The summed E-state index contributed by atoms with van der Waals surface area (Å²) in [6.07, 6.45) is 1.27. The third-order valence-electron chi connectivity index (χ3n) is 5.47. The number of hydrogen-bond donors (Lipinski definition) is 3. The zero-order valence-corrected chi connectivity index (χ0v) is 20.6. The van der Waals surface area contributed by atoms with E-state index in [1.54, 1.807) is 13.0 Å². The molecule has 1 aliphatic heterocycles. The first-order chi connectivity index (χ1) is 15.3. The summed E-state index contributed by atoms with van der Waals surface area (Å²) in [5.74, 6) is -0.891. The van der Waals surface area contributed by atoms with Gasteiger partial charge in [0.1, 0.15) is 6.04 Å². The second kappa shape index (κ2) is 13.2. The van der Waals surface area contributed by atoms with Gasteiger partial charge in [0.15, 0.2) is 0 Å². The van der Waals surface area contributed by atoms with Crippen LogP contribution in [0.4, 0.5) is 0 Å². The topological polar surface area (TPSA) is 89.9 Å². The molecule has 0 spiro atoms. The molecule has 3 rings (SSSR count). The van der Waals surface area contributed by atoms with Gasteiger partial charge < -0.3 is 20.3 Å². The predicted molar refractivity (Wildman–Crippen MR) is 133 cm³/mol. The maximum Gasteiger partial charge on any atom is 0.475 e. The largest absolute Gasteiger partial charge is 0.475 e. The molecule has 1 fully saturated rings. The van der Waals surface area contributed by atoms with E-state index in [0.717, 1.165) is 17.2 Å². The van der Waals surface area contributed by atoms with E-state index in [1.807, 2.05) is 52.0 Å². The van der Waals surface area contributed by atoms with Gasteiger partial charge in [-0.2, -0.15) is 0 Å². The van der Waals surface area contributed by atoms with Gasteiger partial charge in [-0.15, -0.1) is 0 Å². The second-order valence-electron chi connectivity index (χ2n) is 7.75. The van der Waals surface area contributed by atoms with Gasteiger partial charge in [0.05, 0.1) is 5.94 Å². The Morgan fingerprint density at radius 3 is 2.19 bits per heavy atom. The van der Waals surface area contributed by atoms with E-state index >= 15 is 0 Å². The second-order valence-corrected chi connectivity index (χ2v) is 7.75. The molecule has 2 aromatic rings. The van der Waals surface area contributed by atoms with E-state index in [4.69, 9.17) is 0 Å².